The molecule has 0 radical (unpaired) electrons. The first-order chi connectivity index (χ1) is 34.0. The summed E-state index contributed by atoms with van der Waals surface area (Å²) in [6, 6.07) is -0.651. The molecule has 0 heterocycles. The Bertz CT molecular complexity index is 1160. The molecule has 0 aliphatic carbocycles. The first-order valence-corrected chi connectivity index (χ1v) is 30.4. The molecular formula is C63H117NO5. The molecule has 0 fully saturated rings. The van der Waals surface area contributed by atoms with E-state index in [9.17, 15) is 19.8 Å². The first-order valence-electron chi connectivity index (χ1n) is 30.4. The zero-order valence-electron chi connectivity index (χ0n) is 46.0. The monoisotopic (exact) mass is 968 g/mol. The number of aliphatic hydroxyl groups is 2. The van der Waals surface area contributed by atoms with E-state index < -0.39 is 12.1 Å². The lowest BCUT2D eigenvalue weighted by atomic mass is 10.0. The molecule has 0 aliphatic heterocycles. The second-order valence-corrected chi connectivity index (χ2v) is 20.7. The van der Waals surface area contributed by atoms with Gasteiger partial charge in [0.1, 0.15) is 0 Å². The van der Waals surface area contributed by atoms with Gasteiger partial charge in [-0.2, -0.15) is 0 Å². The maximum absolute atomic E-state index is 12.5. The normalized spacial score (nSPS) is 12.9. The van der Waals surface area contributed by atoms with Gasteiger partial charge in [0.2, 0.25) is 5.91 Å². The quantitative estimate of drug-likeness (QED) is 0.0321. The van der Waals surface area contributed by atoms with Crippen LogP contribution in [0.3, 0.4) is 0 Å². The second-order valence-electron chi connectivity index (χ2n) is 20.7. The van der Waals surface area contributed by atoms with Gasteiger partial charge < -0.3 is 20.3 Å². The zero-order valence-corrected chi connectivity index (χ0v) is 46.0. The third-order valence-electron chi connectivity index (χ3n) is 13.8. The number of esters is 1. The number of amides is 1. The minimum absolute atomic E-state index is 0.0286. The van der Waals surface area contributed by atoms with Gasteiger partial charge in [-0.15, -0.1) is 0 Å². The molecule has 0 spiro atoms. The minimum Gasteiger partial charge on any atom is -0.466 e. The highest BCUT2D eigenvalue weighted by Crippen LogP contribution is 2.17. The number of aliphatic hydroxyl groups excluding tert-OH is 2. The van der Waals surface area contributed by atoms with Crippen LogP contribution in [0.15, 0.2) is 48.6 Å². The Hall–Kier alpha value is -2.18. The van der Waals surface area contributed by atoms with Crippen LogP contribution >= 0.6 is 0 Å². The van der Waals surface area contributed by atoms with Crippen molar-refractivity contribution >= 4 is 11.9 Å². The molecule has 3 N–H and O–H groups in total. The number of ether oxygens (including phenoxy) is 1. The number of rotatable bonds is 56. The Kier molecular flexibility index (Phi) is 56.5. The van der Waals surface area contributed by atoms with Crippen molar-refractivity contribution in [3.8, 4) is 0 Å². The van der Waals surface area contributed by atoms with Crippen molar-refractivity contribution in [1.29, 1.82) is 0 Å². The van der Waals surface area contributed by atoms with E-state index in [1.165, 1.54) is 205 Å². The van der Waals surface area contributed by atoms with Crippen molar-refractivity contribution in [3.05, 3.63) is 48.6 Å². The van der Waals surface area contributed by atoms with Crippen LogP contribution in [-0.2, 0) is 14.3 Å². The Labute approximate surface area is 429 Å². The van der Waals surface area contributed by atoms with Crippen LogP contribution in [-0.4, -0.2) is 47.4 Å². The Morgan fingerprint density at radius 2 is 0.739 bits per heavy atom. The molecule has 0 aromatic rings. The van der Waals surface area contributed by atoms with E-state index in [2.05, 4.69) is 55.6 Å². The van der Waals surface area contributed by atoms with Crippen LogP contribution < -0.4 is 5.32 Å². The summed E-state index contributed by atoms with van der Waals surface area (Å²) in [5, 5.41) is 23.2. The van der Waals surface area contributed by atoms with Gasteiger partial charge in [0, 0.05) is 12.8 Å². The van der Waals surface area contributed by atoms with Crippen LogP contribution in [0.2, 0.25) is 0 Å². The number of allylic oxidation sites excluding steroid dienone is 7. The maximum Gasteiger partial charge on any atom is 0.305 e. The summed E-state index contributed by atoms with van der Waals surface area (Å²) < 4.78 is 5.45. The van der Waals surface area contributed by atoms with Crippen LogP contribution in [0.5, 0.6) is 0 Å². The average Bonchev–Trinajstić information content (AvgIpc) is 3.35. The van der Waals surface area contributed by atoms with E-state index in [4.69, 9.17) is 4.74 Å². The predicted octanol–water partition coefficient (Wildman–Crippen LogP) is 19.0. The molecule has 6 heteroatoms. The fraction of sp³-hybridized carbons (Fsp3) is 0.841. The summed E-state index contributed by atoms with van der Waals surface area (Å²) in [6.45, 7) is 4.83. The highest BCUT2D eigenvalue weighted by atomic mass is 16.5. The molecule has 6 nitrogen and oxygen atoms in total. The van der Waals surface area contributed by atoms with Crippen molar-refractivity contribution in [2.75, 3.05) is 13.2 Å². The molecule has 0 rings (SSSR count). The van der Waals surface area contributed by atoms with E-state index in [0.29, 0.717) is 19.4 Å². The highest BCUT2D eigenvalue weighted by molar-refractivity contribution is 5.76. The van der Waals surface area contributed by atoms with E-state index in [0.717, 1.165) is 83.5 Å². The van der Waals surface area contributed by atoms with E-state index >= 15 is 0 Å². The Morgan fingerprint density at radius 3 is 1.17 bits per heavy atom. The number of unbranched alkanes of at least 4 members (excludes halogenated alkanes) is 39. The van der Waals surface area contributed by atoms with Gasteiger partial charge in [-0.1, -0.05) is 268 Å². The highest BCUT2D eigenvalue weighted by Gasteiger charge is 2.18. The maximum atomic E-state index is 12.5. The summed E-state index contributed by atoms with van der Waals surface area (Å²) in [7, 11) is 0. The Balaban J connectivity index is 3.53. The lowest BCUT2D eigenvalue weighted by molar-refractivity contribution is -0.143. The zero-order chi connectivity index (χ0) is 50.0. The van der Waals surface area contributed by atoms with Crippen molar-refractivity contribution in [2.24, 2.45) is 0 Å². The van der Waals surface area contributed by atoms with E-state index in [1.807, 2.05) is 6.08 Å². The van der Waals surface area contributed by atoms with Crippen LogP contribution in [0.1, 0.15) is 316 Å². The summed E-state index contributed by atoms with van der Waals surface area (Å²) in [6.07, 6.45) is 74.3. The van der Waals surface area contributed by atoms with Crippen molar-refractivity contribution < 1.29 is 24.5 Å². The summed E-state index contributed by atoms with van der Waals surface area (Å²) in [5.74, 6) is -0.125. The van der Waals surface area contributed by atoms with Gasteiger partial charge in [0.25, 0.3) is 0 Å². The summed E-state index contributed by atoms with van der Waals surface area (Å²) in [5.41, 5.74) is 0. The molecule has 0 aliphatic rings. The molecule has 0 saturated heterocycles. The molecule has 0 saturated carbocycles. The predicted molar refractivity (Wildman–Crippen MR) is 301 cm³/mol. The number of hydrogen-bond acceptors (Lipinski definition) is 5. The topological polar surface area (TPSA) is 95.9 Å². The molecule has 0 aromatic heterocycles. The smallest absolute Gasteiger partial charge is 0.305 e. The number of hydrogen-bond donors (Lipinski definition) is 3. The molecular weight excluding hydrogens is 851 g/mol. The third-order valence-corrected chi connectivity index (χ3v) is 13.8. The van der Waals surface area contributed by atoms with Gasteiger partial charge in [0.05, 0.1) is 25.4 Å². The molecule has 2 atom stereocenters. The lowest BCUT2D eigenvalue weighted by Gasteiger charge is -2.19. The largest absolute Gasteiger partial charge is 0.466 e. The van der Waals surface area contributed by atoms with Crippen LogP contribution in [0.25, 0.3) is 0 Å². The van der Waals surface area contributed by atoms with Gasteiger partial charge in [-0.05, 0) is 83.5 Å². The van der Waals surface area contributed by atoms with Gasteiger partial charge in [0.15, 0.2) is 0 Å². The van der Waals surface area contributed by atoms with Gasteiger partial charge in [-0.3, -0.25) is 9.59 Å². The fourth-order valence-electron chi connectivity index (χ4n) is 9.12. The van der Waals surface area contributed by atoms with Crippen molar-refractivity contribution in [2.45, 2.75) is 328 Å². The standard InChI is InChI=1S/C63H117NO5/c1-3-5-7-9-11-13-15-17-19-20-21-22-23-24-25-26-27-28-29-31-35-39-43-47-51-55-61(66)60(59-65)64-62(67)56-52-48-44-40-36-32-30-34-38-42-46-50-54-58-69-63(68)57-53-49-45-41-37-33-18-16-14-12-10-8-6-4-2/h10,12,16,18,32,36,51,55,60-61,65-66H,3-9,11,13-15,17,19-31,33-35,37-50,52-54,56-59H2,1-2H3,(H,64,67)/b12-10-,18-16-,36-32-,55-51+. The summed E-state index contributed by atoms with van der Waals surface area (Å²) >= 11 is 0. The van der Waals surface area contributed by atoms with Crippen LogP contribution in [0, 0.1) is 0 Å². The van der Waals surface area contributed by atoms with E-state index in [1.54, 1.807) is 6.08 Å². The first kappa shape index (κ1) is 66.8. The van der Waals surface area contributed by atoms with Crippen LogP contribution in [0.4, 0.5) is 0 Å². The molecule has 0 aromatic carbocycles. The van der Waals surface area contributed by atoms with Crippen molar-refractivity contribution in [1.82, 2.24) is 5.32 Å². The van der Waals surface area contributed by atoms with Gasteiger partial charge in [-0.25, -0.2) is 0 Å². The SMILES string of the molecule is CCCC/C=C\C/C=C\CCCCCCCC(=O)OCCCCCCCC/C=C\CCCCCC(=O)NC(CO)C(O)/C=C/CCCCCCCCCCCCCCCCCCCCCCCCC. The number of carbonyl (C=O) groups excluding carboxylic acids is 2. The number of nitrogens with one attached hydrogen (secondary N) is 1. The average molecular weight is 969 g/mol. The molecule has 2 unspecified atom stereocenters. The minimum atomic E-state index is -0.865. The summed E-state index contributed by atoms with van der Waals surface area (Å²) in [4.78, 5) is 24.5. The second kappa shape index (κ2) is 58.4. The number of carbonyl (C=O) groups is 2. The lowest BCUT2D eigenvalue weighted by Crippen LogP contribution is -2.45. The molecule has 69 heavy (non-hydrogen) atoms. The fourth-order valence-corrected chi connectivity index (χ4v) is 9.12. The van der Waals surface area contributed by atoms with Gasteiger partial charge >= 0.3 is 5.97 Å². The van der Waals surface area contributed by atoms with E-state index in [-0.39, 0.29) is 18.5 Å². The molecule has 404 valence electrons. The molecule has 0 bridgehead atoms. The van der Waals surface area contributed by atoms with Crippen molar-refractivity contribution in [3.63, 3.8) is 0 Å². The third kappa shape index (κ3) is 55.0. The Morgan fingerprint density at radius 1 is 0.406 bits per heavy atom. The molecule has 1 amide bonds.